The Bertz CT molecular complexity index is 686. The van der Waals surface area contributed by atoms with Crippen molar-refractivity contribution in [3.8, 4) is 11.4 Å². The molecule has 1 amide bonds. The third kappa shape index (κ3) is 4.33. The van der Waals surface area contributed by atoms with Crippen LogP contribution in [-0.4, -0.2) is 40.1 Å². The van der Waals surface area contributed by atoms with E-state index in [-0.39, 0.29) is 11.9 Å². The van der Waals surface area contributed by atoms with Crippen molar-refractivity contribution in [2.24, 2.45) is 5.73 Å². The van der Waals surface area contributed by atoms with Crippen LogP contribution in [0.5, 0.6) is 0 Å². The Morgan fingerprint density at radius 1 is 1.38 bits per heavy atom. The first-order valence-corrected chi connectivity index (χ1v) is 8.61. The average Bonchev–Trinajstić information content (AvgIpc) is 3.04. The minimum absolute atomic E-state index is 0.112. The molecule has 2 aromatic rings. The van der Waals surface area contributed by atoms with Gasteiger partial charge in [0, 0.05) is 42.6 Å². The maximum Gasteiger partial charge on any atom is 0.226 e. The van der Waals surface area contributed by atoms with Crippen LogP contribution in [0, 0.1) is 0 Å². The highest BCUT2D eigenvalue weighted by Crippen LogP contribution is 2.19. The molecule has 6 nitrogen and oxygen atoms in total. The lowest BCUT2D eigenvalue weighted by atomic mass is 10.1. The van der Waals surface area contributed by atoms with Gasteiger partial charge in [0.05, 0.1) is 0 Å². The predicted molar refractivity (Wildman–Crippen MR) is 91.5 cm³/mol. The number of hydrogen-bond acceptors (Lipinski definition) is 5. The van der Waals surface area contributed by atoms with Crippen LogP contribution in [0.25, 0.3) is 11.4 Å². The second-order valence-corrected chi connectivity index (χ2v) is 6.55. The third-order valence-corrected chi connectivity index (χ3v) is 4.41. The molecule has 24 heavy (non-hydrogen) atoms. The molecule has 1 aromatic carbocycles. The summed E-state index contributed by atoms with van der Waals surface area (Å²) in [6, 6.07) is 7.38. The Morgan fingerprint density at radius 2 is 2.17 bits per heavy atom. The second kappa shape index (κ2) is 7.77. The molecule has 3 rings (SSSR count). The van der Waals surface area contributed by atoms with E-state index in [1.807, 2.05) is 17.0 Å². The monoisotopic (exact) mass is 348 g/mol. The Hall–Kier alpha value is -1.92. The maximum atomic E-state index is 12.2. The molecule has 1 unspecified atom stereocenters. The van der Waals surface area contributed by atoms with Gasteiger partial charge in [-0.2, -0.15) is 4.98 Å². The van der Waals surface area contributed by atoms with Gasteiger partial charge < -0.3 is 15.2 Å². The van der Waals surface area contributed by atoms with Gasteiger partial charge in [0.15, 0.2) is 0 Å². The summed E-state index contributed by atoms with van der Waals surface area (Å²) in [4.78, 5) is 18.4. The average molecular weight is 349 g/mol. The summed E-state index contributed by atoms with van der Waals surface area (Å²) in [5, 5.41) is 4.64. The highest BCUT2D eigenvalue weighted by molar-refractivity contribution is 6.30. The number of aromatic nitrogens is 2. The van der Waals surface area contributed by atoms with E-state index in [9.17, 15) is 4.79 Å². The first kappa shape index (κ1) is 16.9. The van der Waals surface area contributed by atoms with Crippen molar-refractivity contribution in [2.75, 3.05) is 13.1 Å². The van der Waals surface area contributed by atoms with Crippen LogP contribution in [0.4, 0.5) is 0 Å². The number of halogens is 1. The summed E-state index contributed by atoms with van der Waals surface area (Å²) < 4.78 is 5.25. The van der Waals surface area contributed by atoms with Crippen molar-refractivity contribution < 1.29 is 9.32 Å². The van der Waals surface area contributed by atoms with E-state index in [2.05, 4.69) is 10.1 Å². The number of piperidine rings is 1. The minimum Gasteiger partial charge on any atom is -0.341 e. The first-order valence-electron chi connectivity index (χ1n) is 8.23. The summed E-state index contributed by atoms with van der Waals surface area (Å²) in [7, 11) is 0. The molecule has 0 saturated carbocycles. The Kier molecular flexibility index (Phi) is 5.48. The number of likely N-dealkylation sites (tertiary alicyclic amines) is 1. The van der Waals surface area contributed by atoms with Crippen molar-refractivity contribution in [1.82, 2.24) is 15.0 Å². The SMILES string of the molecule is NC1CCCN(C(=O)CCCc2nc(-c3ccc(Cl)cc3)no2)C1. The van der Waals surface area contributed by atoms with E-state index in [0.717, 1.165) is 24.9 Å². The fraction of sp³-hybridized carbons (Fsp3) is 0.471. The summed E-state index contributed by atoms with van der Waals surface area (Å²) in [6.07, 6.45) is 3.74. The second-order valence-electron chi connectivity index (χ2n) is 6.11. The molecule has 1 fully saturated rings. The molecule has 7 heteroatoms. The molecule has 1 saturated heterocycles. The number of carbonyl (C=O) groups is 1. The van der Waals surface area contributed by atoms with Gasteiger partial charge in [0.1, 0.15) is 0 Å². The van der Waals surface area contributed by atoms with Crippen LogP contribution in [-0.2, 0) is 11.2 Å². The molecule has 2 N–H and O–H groups in total. The van der Waals surface area contributed by atoms with Crippen molar-refractivity contribution in [3.63, 3.8) is 0 Å². The minimum atomic E-state index is 0.112. The van der Waals surface area contributed by atoms with Gasteiger partial charge in [0.25, 0.3) is 0 Å². The lowest BCUT2D eigenvalue weighted by molar-refractivity contribution is -0.132. The van der Waals surface area contributed by atoms with Crippen molar-refractivity contribution >= 4 is 17.5 Å². The molecule has 128 valence electrons. The normalized spacial score (nSPS) is 17.9. The molecule has 1 aliphatic heterocycles. The van der Waals surface area contributed by atoms with E-state index >= 15 is 0 Å². The summed E-state index contributed by atoms with van der Waals surface area (Å²) in [5.74, 6) is 1.24. The zero-order chi connectivity index (χ0) is 16.9. The predicted octanol–water partition coefficient (Wildman–Crippen LogP) is 2.66. The zero-order valence-corrected chi connectivity index (χ0v) is 14.2. The van der Waals surface area contributed by atoms with Crippen molar-refractivity contribution in [2.45, 2.75) is 38.1 Å². The Balaban J connectivity index is 1.49. The van der Waals surface area contributed by atoms with E-state index < -0.39 is 0 Å². The van der Waals surface area contributed by atoms with Crippen molar-refractivity contribution in [3.05, 3.63) is 35.2 Å². The first-order chi connectivity index (χ1) is 11.6. The number of rotatable bonds is 5. The number of nitrogens with two attached hydrogens (primary N) is 1. The van der Waals surface area contributed by atoms with Crippen LogP contribution < -0.4 is 5.73 Å². The number of carbonyl (C=O) groups excluding carboxylic acids is 1. The van der Waals surface area contributed by atoms with E-state index in [1.54, 1.807) is 12.1 Å². The number of benzene rings is 1. The van der Waals surface area contributed by atoms with Gasteiger partial charge >= 0.3 is 0 Å². The van der Waals surface area contributed by atoms with Gasteiger partial charge in [-0.05, 0) is 43.5 Å². The maximum absolute atomic E-state index is 12.2. The quantitative estimate of drug-likeness (QED) is 0.897. The van der Waals surface area contributed by atoms with Crippen LogP contribution >= 0.6 is 11.6 Å². The van der Waals surface area contributed by atoms with Gasteiger partial charge in [-0.1, -0.05) is 16.8 Å². The summed E-state index contributed by atoms with van der Waals surface area (Å²) in [5.41, 5.74) is 6.77. The fourth-order valence-corrected chi connectivity index (χ4v) is 2.98. The molecular weight excluding hydrogens is 328 g/mol. The molecular formula is C17H21ClN4O2. The molecule has 0 radical (unpaired) electrons. The highest BCUT2D eigenvalue weighted by Gasteiger charge is 2.21. The van der Waals surface area contributed by atoms with E-state index in [0.29, 0.717) is 42.5 Å². The fourth-order valence-electron chi connectivity index (χ4n) is 2.86. The molecule has 0 bridgehead atoms. The smallest absolute Gasteiger partial charge is 0.226 e. The largest absolute Gasteiger partial charge is 0.341 e. The molecule has 1 aromatic heterocycles. The van der Waals surface area contributed by atoms with E-state index in [1.165, 1.54) is 0 Å². The molecule has 2 heterocycles. The Labute approximate surface area is 146 Å². The number of nitrogens with zero attached hydrogens (tertiary/aromatic N) is 3. The summed E-state index contributed by atoms with van der Waals surface area (Å²) >= 11 is 5.87. The number of hydrogen-bond donors (Lipinski definition) is 1. The third-order valence-electron chi connectivity index (χ3n) is 4.16. The molecule has 1 aliphatic rings. The van der Waals surface area contributed by atoms with Crippen LogP contribution in [0.1, 0.15) is 31.6 Å². The molecule has 1 atom stereocenters. The number of aryl methyl sites for hydroxylation is 1. The highest BCUT2D eigenvalue weighted by atomic mass is 35.5. The molecule has 0 spiro atoms. The number of amides is 1. The van der Waals surface area contributed by atoms with Crippen LogP contribution in [0.3, 0.4) is 0 Å². The zero-order valence-electron chi connectivity index (χ0n) is 13.4. The van der Waals surface area contributed by atoms with Gasteiger partial charge in [-0.25, -0.2) is 0 Å². The standard InChI is InChI=1S/C17H21ClN4O2/c18-13-8-6-12(7-9-13)17-20-15(24-21-17)4-1-5-16(23)22-10-2-3-14(19)11-22/h6-9,14H,1-5,10-11,19H2. The van der Waals surface area contributed by atoms with Gasteiger partial charge in [-0.15, -0.1) is 0 Å². The van der Waals surface area contributed by atoms with Crippen molar-refractivity contribution in [1.29, 1.82) is 0 Å². The Morgan fingerprint density at radius 3 is 2.92 bits per heavy atom. The topological polar surface area (TPSA) is 85.2 Å². The lowest BCUT2D eigenvalue weighted by Gasteiger charge is -2.30. The van der Waals surface area contributed by atoms with Crippen LogP contribution in [0.15, 0.2) is 28.8 Å². The lowest BCUT2D eigenvalue weighted by Crippen LogP contribution is -2.45. The summed E-state index contributed by atoms with van der Waals surface area (Å²) in [6.45, 7) is 1.48. The van der Waals surface area contributed by atoms with Gasteiger partial charge in [0.2, 0.25) is 17.6 Å². The van der Waals surface area contributed by atoms with Gasteiger partial charge in [-0.3, -0.25) is 4.79 Å². The van der Waals surface area contributed by atoms with Crippen LogP contribution in [0.2, 0.25) is 5.02 Å². The molecule has 0 aliphatic carbocycles. The van der Waals surface area contributed by atoms with E-state index in [4.69, 9.17) is 21.9 Å².